The molecule has 0 radical (unpaired) electrons. The summed E-state index contributed by atoms with van der Waals surface area (Å²) in [7, 11) is 0. The van der Waals surface area contributed by atoms with E-state index in [4.69, 9.17) is 11.6 Å². The van der Waals surface area contributed by atoms with E-state index in [1.165, 1.54) is 12.6 Å². The third-order valence-electron chi connectivity index (χ3n) is 5.32. The van der Waals surface area contributed by atoms with Gasteiger partial charge < -0.3 is 9.88 Å². The maximum Gasteiger partial charge on any atom is 0.257 e. The maximum absolute atomic E-state index is 12.7. The Morgan fingerprint density at radius 1 is 1.10 bits per heavy atom. The van der Waals surface area contributed by atoms with Crippen molar-refractivity contribution in [3.63, 3.8) is 0 Å². The lowest BCUT2D eigenvalue weighted by Gasteiger charge is -2.11. The first-order chi connectivity index (χ1) is 15.2. The first-order valence-electron chi connectivity index (χ1n) is 10.2. The molecule has 1 N–H and O–H groups in total. The minimum Gasteiger partial charge on any atom is -0.322 e. The Labute approximate surface area is 183 Å². The van der Waals surface area contributed by atoms with Gasteiger partial charge in [-0.2, -0.15) is 5.10 Å². The van der Waals surface area contributed by atoms with Crippen molar-refractivity contribution in [3.05, 3.63) is 71.4 Å². The summed E-state index contributed by atoms with van der Waals surface area (Å²) >= 11 is 6.48. The second-order valence-corrected chi connectivity index (χ2v) is 7.81. The summed E-state index contributed by atoms with van der Waals surface area (Å²) in [5.74, 6) is 2.11. The molecule has 8 nitrogen and oxygen atoms in total. The van der Waals surface area contributed by atoms with Gasteiger partial charge in [-0.25, -0.2) is 9.67 Å². The van der Waals surface area contributed by atoms with E-state index in [-0.39, 0.29) is 5.91 Å². The molecule has 1 aliphatic heterocycles. The molecule has 0 unspecified atom stereocenters. The van der Waals surface area contributed by atoms with Crippen LogP contribution in [0.15, 0.2) is 55.0 Å². The molecular weight excluding hydrogens is 414 g/mol. The zero-order valence-electron chi connectivity index (χ0n) is 16.7. The van der Waals surface area contributed by atoms with Crippen LogP contribution < -0.4 is 5.32 Å². The smallest absolute Gasteiger partial charge is 0.257 e. The number of halogens is 1. The monoisotopic (exact) mass is 433 g/mol. The molecule has 0 fully saturated rings. The zero-order chi connectivity index (χ0) is 21.2. The summed E-state index contributed by atoms with van der Waals surface area (Å²) in [5, 5.41) is 16.4. The van der Waals surface area contributed by atoms with Crippen molar-refractivity contribution in [1.29, 1.82) is 0 Å². The van der Waals surface area contributed by atoms with Gasteiger partial charge in [0.15, 0.2) is 11.6 Å². The fourth-order valence-electron chi connectivity index (χ4n) is 3.72. The van der Waals surface area contributed by atoms with Gasteiger partial charge >= 0.3 is 0 Å². The van der Waals surface area contributed by atoms with Crippen molar-refractivity contribution in [3.8, 4) is 17.2 Å². The van der Waals surface area contributed by atoms with Crippen LogP contribution in [0.4, 0.5) is 5.69 Å². The minimum absolute atomic E-state index is 0.257. The summed E-state index contributed by atoms with van der Waals surface area (Å²) in [6.45, 7) is 0.874. The summed E-state index contributed by atoms with van der Waals surface area (Å²) in [6, 6.07) is 10.7. The first kappa shape index (κ1) is 19.4. The molecule has 1 amide bonds. The van der Waals surface area contributed by atoms with Crippen LogP contribution in [0.25, 0.3) is 17.2 Å². The Morgan fingerprint density at radius 2 is 2.03 bits per heavy atom. The van der Waals surface area contributed by atoms with Crippen molar-refractivity contribution in [1.82, 2.24) is 29.5 Å². The van der Waals surface area contributed by atoms with E-state index in [1.54, 1.807) is 41.3 Å². The fraction of sp³-hybridized carbons (Fsp3) is 0.227. The van der Waals surface area contributed by atoms with E-state index in [0.29, 0.717) is 22.1 Å². The number of nitrogens with one attached hydrogen (secondary N) is 1. The number of aromatic nitrogens is 6. The highest BCUT2D eigenvalue weighted by molar-refractivity contribution is 6.33. The summed E-state index contributed by atoms with van der Waals surface area (Å²) < 4.78 is 3.77. The number of benzene rings is 1. The second kappa shape index (κ2) is 8.31. The molecule has 0 spiro atoms. The van der Waals surface area contributed by atoms with Crippen LogP contribution in [0.1, 0.15) is 35.4 Å². The average molecular weight is 434 g/mol. The predicted molar refractivity (Wildman–Crippen MR) is 117 cm³/mol. The van der Waals surface area contributed by atoms with E-state index >= 15 is 0 Å². The van der Waals surface area contributed by atoms with Crippen molar-refractivity contribution in [2.75, 3.05) is 5.32 Å². The van der Waals surface area contributed by atoms with E-state index in [0.717, 1.165) is 43.0 Å². The van der Waals surface area contributed by atoms with E-state index in [1.807, 2.05) is 12.1 Å². The van der Waals surface area contributed by atoms with Crippen molar-refractivity contribution >= 4 is 23.2 Å². The Hall–Kier alpha value is -3.52. The largest absolute Gasteiger partial charge is 0.322 e. The molecule has 0 atom stereocenters. The Balaban J connectivity index is 1.38. The molecular formula is C22H20ClN7O. The predicted octanol–water partition coefficient (Wildman–Crippen LogP) is 4.16. The number of carbonyl (C=O) groups excluding carboxylic acids is 1. The topological polar surface area (TPSA) is 90.5 Å². The lowest BCUT2D eigenvalue weighted by molar-refractivity contribution is 0.102. The molecule has 0 bridgehead atoms. The van der Waals surface area contributed by atoms with Crippen molar-refractivity contribution in [2.45, 2.75) is 32.2 Å². The Bertz CT molecular complexity index is 1220. The highest BCUT2D eigenvalue weighted by Gasteiger charge is 2.19. The maximum atomic E-state index is 12.7. The number of aryl methyl sites for hydroxylation is 1. The Morgan fingerprint density at radius 3 is 2.84 bits per heavy atom. The van der Waals surface area contributed by atoms with Crippen molar-refractivity contribution in [2.24, 2.45) is 0 Å². The number of hydrogen-bond donors (Lipinski definition) is 1. The Kier molecular flexibility index (Phi) is 5.21. The zero-order valence-corrected chi connectivity index (χ0v) is 17.5. The standard InChI is InChI=1S/C22H20ClN7O/c23-18-8-7-16(13-17(18)21-28-27-20-5-2-1-3-11-29(20)21)26-22(31)15-6-9-19(24-14-15)30-12-4-10-25-30/h4,6-10,12-14H,1-3,5,11H2,(H,26,31). The molecule has 5 rings (SSSR count). The molecule has 3 aromatic heterocycles. The van der Waals surface area contributed by atoms with Gasteiger partial charge in [0.2, 0.25) is 0 Å². The molecule has 0 saturated carbocycles. The molecule has 0 saturated heterocycles. The molecule has 0 aliphatic carbocycles. The number of nitrogens with zero attached hydrogens (tertiary/aromatic N) is 6. The van der Waals surface area contributed by atoms with Gasteiger partial charge in [0.1, 0.15) is 5.82 Å². The second-order valence-electron chi connectivity index (χ2n) is 7.41. The quantitative estimate of drug-likeness (QED) is 0.522. The van der Waals surface area contributed by atoms with Gasteiger partial charge in [-0.15, -0.1) is 10.2 Å². The third-order valence-corrected chi connectivity index (χ3v) is 5.65. The van der Waals surface area contributed by atoms with Crippen LogP contribution in [0.2, 0.25) is 5.02 Å². The van der Waals surface area contributed by atoms with Crippen LogP contribution in [-0.2, 0) is 13.0 Å². The van der Waals surface area contributed by atoms with Gasteiger partial charge in [-0.1, -0.05) is 18.0 Å². The molecule has 156 valence electrons. The lowest BCUT2D eigenvalue weighted by Crippen LogP contribution is -2.13. The summed E-state index contributed by atoms with van der Waals surface area (Å²) in [6.07, 6.45) is 9.31. The molecule has 4 heterocycles. The number of carbonyl (C=O) groups is 1. The van der Waals surface area contributed by atoms with E-state index < -0.39 is 0 Å². The van der Waals surface area contributed by atoms with Gasteiger partial charge in [0.05, 0.1) is 10.6 Å². The van der Waals surface area contributed by atoms with Crippen LogP contribution in [0.5, 0.6) is 0 Å². The SMILES string of the molecule is O=C(Nc1ccc(Cl)c(-c2nnc3n2CCCCC3)c1)c1ccc(-n2cccn2)nc1. The summed E-state index contributed by atoms with van der Waals surface area (Å²) in [5.41, 5.74) is 1.84. The molecule has 1 aliphatic rings. The molecule has 1 aromatic carbocycles. The van der Waals surface area contributed by atoms with Gasteiger partial charge in [0.25, 0.3) is 5.91 Å². The molecule has 4 aromatic rings. The van der Waals surface area contributed by atoms with Gasteiger partial charge in [0, 0.05) is 42.8 Å². The van der Waals surface area contributed by atoms with Crippen LogP contribution in [0, 0.1) is 0 Å². The third kappa shape index (κ3) is 3.94. The number of pyridine rings is 1. The number of hydrogen-bond acceptors (Lipinski definition) is 5. The number of amides is 1. The molecule has 9 heteroatoms. The van der Waals surface area contributed by atoms with E-state index in [2.05, 4.69) is 30.2 Å². The number of anilines is 1. The van der Waals surface area contributed by atoms with Crippen LogP contribution in [-0.4, -0.2) is 35.4 Å². The van der Waals surface area contributed by atoms with Crippen LogP contribution >= 0.6 is 11.6 Å². The number of rotatable bonds is 4. The van der Waals surface area contributed by atoms with Crippen molar-refractivity contribution < 1.29 is 4.79 Å². The minimum atomic E-state index is -0.257. The highest BCUT2D eigenvalue weighted by Crippen LogP contribution is 2.31. The first-order valence-corrected chi connectivity index (χ1v) is 10.6. The number of fused-ring (bicyclic) bond motifs is 1. The fourth-order valence-corrected chi connectivity index (χ4v) is 3.92. The normalized spacial score (nSPS) is 13.5. The molecule has 31 heavy (non-hydrogen) atoms. The average Bonchev–Trinajstić information content (AvgIpc) is 3.41. The van der Waals surface area contributed by atoms with Crippen LogP contribution in [0.3, 0.4) is 0 Å². The van der Waals surface area contributed by atoms with E-state index in [9.17, 15) is 4.79 Å². The summed E-state index contributed by atoms with van der Waals surface area (Å²) in [4.78, 5) is 17.0. The van der Waals surface area contributed by atoms with Gasteiger partial charge in [-0.3, -0.25) is 4.79 Å². The highest BCUT2D eigenvalue weighted by atomic mass is 35.5. The lowest BCUT2D eigenvalue weighted by atomic mass is 10.1. The van der Waals surface area contributed by atoms with Gasteiger partial charge in [-0.05, 0) is 49.2 Å².